The van der Waals surface area contributed by atoms with Gasteiger partial charge in [0.1, 0.15) is 11.6 Å². The first-order valence-corrected chi connectivity index (χ1v) is 3.93. The molecule has 0 aromatic carbocycles. The van der Waals surface area contributed by atoms with Crippen molar-refractivity contribution in [3.63, 3.8) is 0 Å². The van der Waals surface area contributed by atoms with Crippen LogP contribution in [0.15, 0.2) is 12.3 Å². The van der Waals surface area contributed by atoms with E-state index < -0.39 is 0 Å². The Balaban J connectivity index is 2.21. The summed E-state index contributed by atoms with van der Waals surface area (Å²) >= 11 is 0. The number of hydrogen-bond acceptors (Lipinski definition) is 3. The summed E-state index contributed by atoms with van der Waals surface area (Å²) in [6, 6.07) is 1.84. The Labute approximate surface area is 69.8 Å². The summed E-state index contributed by atoms with van der Waals surface area (Å²) in [6.07, 6.45) is 3.39. The van der Waals surface area contributed by atoms with Gasteiger partial charge in [-0.15, -0.1) is 0 Å². The highest BCUT2D eigenvalue weighted by molar-refractivity contribution is 5.62. The molecule has 1 aromatic rings. The molecule has 3 N–H and O–H groups in total. The molecule has 1 aromatic heterocycles. The smallest absolute Gasteiger partial charge is 0.147 e. The predicted octanol–water partition coefficient (Wildman–Crippen LogP) is 1.38. The standard InChI is InChI=1S/C8H10FN3/c9-5-3-7(8(10)11-4-5)12-6-1-2-6/h3-4,6,12H,1-2H2,(H2,10,11). The molecular formula is C8H10FN3. The van der Waals surface area contributed by atoms with E-state index in [0.29, 0.717) is 17.5 Å². The molecule has 12 heavy (non-hydrogen) atoms. The lowest BCUT2D eigenvalue weighted by Gasteiger charge is -2.05. The summed E-state index contributed by atoms with van der Waals surface area (Å²) in [6.45, 7) is 0. The Morgan fingerprint density at radius 1 is 1.58 bits per heavy atom. The molecule has 0 bridgehead atoms. The Kier molecular flexibility index (Phi) is 1.60. The number of nitrogens with zero attached hydrogens (tertiary/aromatic N) is 1. The minimum Gasteiger partial charge on any atom is -0.382 e. The van der Waals surface area contributed by atoms with Crippen LogP contribution in [-0.2, 0) is 0 Å². The minimum atomic E-state index is -0.354. The quantitative estimate of drug-likeness (QED) is 0.699. The predicted molar refractivity (Wildman–Crippen MR) is 45.3 cm³/mol. The SMILES string of the molecule is Nc1ncc(F)cc1NC1CC1. The number of aromatic nitrogens is 1. The molecule has 3 nitrogen and oxygen atoms in total. The lowest BCUT2D eigenvalue weighted by Crippen LogP contribution is -2.05. The minimum absolute atomic E-state index is 0.354. The van der Waals surface area contributed by atoms with E-state index in [1.807, 2.05) is 0 Å². The molecule has 0 spiro atoms. The maximum Gasteiger partial charge on any atom is 0.147 e. The van der Waals surface area contributed by atoms with Gasteiger partial charge in [0.05, 0.1) is 11.9 Å². The zero-order chi connectivity index (χ0) is 8.55. The van der Waals surface area contributed by atoms with E-state index >= 15 is 0 Å². The summed E-state index contributed by atoms with van der Waals surface area (Å²) in [4.78, 5) is 3.70. The molecule has 1 saturated carbocycles. The fourth-order valence-electron chi connectivity index (χ4n) is 1.01. The van der Waals surface area contributed by atoms with Crippen LogP contribution in [0.25, 0.3) is 0 Å². The van der Waals surface area contributed by atoms with Gasteiger partial charge in [-0.2, -0.15) is 0 Å². The number of hydrogen-bond donors (Lipinski definition) is 2. The van der Waals surface area contributed by atoms with Crippen molar-refractivity contribution in [2.75, 3.05) is 11.1 Å². The zero-order valence-electron chi connectivity index (χ0n) is 6.55. The third-order valence-electron chi connectivity index (χ3n) is 1.82. The van der Waals surface area contributed by atoms with Gasteiger partial charge in [-0.1, -0.05) is 0 Å². The van der Waals surface area contributed by atoms with Gasteiger partial charge in [-0.05, 0) is 12.8 Å². The van der Waals surface area contributed by atoms with Crippen molar-refractivity contribution in [3.8, 4) is 0 Å². The monoisotopic (exact) mass is 167 g/mol. The summed E-state index contributed by atoms with van der Waals surface area (Å²) in [7, 11) is 0. The van der Waals surface area contributed by atoms with Crippen LogP contribution in [0.1, 0.15) is 12.8 Å². The van der Waals surface area contributed by atoms with Crippen LogP contribution in [-0.4, -0.2) is 11.0 Å². The van der Waals surface area contributed by atoms with Crippen LogP contribution in [0.2, 0.25) is 0 Å². The van der Waals surface area contributed by atoms with Crippen molar-refractivity contribution >= 4 is 11.5 Å². The van der Waals surface area contributed by atoms with Gasteiger partial charge < -0.3 is 11.1 Å². The lowest BCUT2D eigenvalue weighted by atomic mass is 10.3. The number of anilines is 2. The topological polar surface area (TPSA) is 50.9 Å². The van der Waals surface area contributed by atoms with Crippen LogP contribution in [0.5, 0.6) is 0 Å². The molecule has 0 saturated heterocycles. The van der Waals surface area contributed by atoms with E-state index in [-0.39, 0.29) is 5.82 Å². The van der Waals surface area contributed by atoms with Crippen LogP contribution >= 0.6 is 0 Å². The molecule has 1 aliphatic carbocycles. The van der Waals surface area contributed by atoms with Gasteiger partial charge >= 0.3 is 0 Å². The number of pyridine rings is 1. The van der Waals surface area contributed by atoms with Gasteiger partial charge in [0.25, 0.3) is 0 Å². The Bertz CT molecular complexity index is 296. The van der Waals surface area contributed by atoms with Crippen molar-refractivity contribution in [1.29, 1.82) is 0 Å². The van der Waals surface area contributed by atoms with E-state index in [9.17, 15) is 4.39 Å². The fraction of sp³-hybridized carbons (Fsp3) is 0.375. The summed E-state index contributed by atoms with van der Waals surface area (Å²) in [5.41, 5.74) is 6.13. The molecule has 1 aliphatic rings. The molecule has 4 heteroatoms. The van der Waals surface area contributed by atoms with Crippen LogP contribution in [0.4, 0.5) is 15.9 Å². The van der Waals surface area contributed by atoms with Crippen molar-refractivity contribution in [1.82, 2.24) is 4.98 Å². The number of halogens is 1. The average Bonchev–Trinajstić information content (AvgIpc) is 2.81. The maximum absolute atomic E-state index is 12.7. The first-order chi connectivity index (χ1) is 5.75. The number of nitrogens with two attached hydrogens (primary N) is 1. The summed E-state index contributed by atoms with van der Waals surface area (Å²) in [5, 5.41) is 3.10. The van der Waals surface area contributed by atoms with Gasteiger partial charge in [0.15, 0.2) is 0 Å². The third kappa shape index (κ3) is 1.47. The van der Waals surface area contributed by atoms with Crippen molar-refractivity contribution in [2.45, 2.75) is 18.9 Å². The van der Waals surface area contributed by atoms with Crippen molar-refractivity contribution in [2.24, 2.45) is 0 Å². The number of nitrogens with one attached hydrogen (secondary N) is 1. The van der Waals surface area contributed by atoms with Crippen LogP contribution in [0.3, 0.4) is 0 Å². The first-order valence-electron chi connectivity index (χ1n) is 3.93. The highest BCUT2D eigenvalue weighted by atomic mass is 19.1. The molecule has 0 amide bonds. The number of rotatable bonds is 2. The Morgan fingerprint density at radius 2 is 2.33 bits per heavy atom. The van der Waals surface area contributed by atoms with E-state index in [1.54, 1.807) is 0 Å². The normalized spacial score (nSPS) is 16.1. The maximum atomic E-state index is 12.7. The molecule has 64 valence electrons. The highest BCUT2D eigenvalue weighted by Gasteiger charge is 2.21. The van der Waals surface area contributed by atoms with E-state index in [1.165, 1.54) is 6.07 Å². The van der Waals surface area contributed by atoms with Crippen molar-refractivity contribution < 1.29 is 4.39 Å². The largest absolute Gasteiger partial charge is 0.382 e. The van der Waals surface area contributed by atoms with E-state index in [2.05, 4.69) is 10.3 Å². The van der Waals surface area contributed by atoms with Crippen LogP contribution in [0, 0.1) is 5.82 Å². The summed E-state index contributed by atoms with van der Waals surface area (Å²) < 4.78 is 12.7. The molecule has 1 fully saturated rings. The summed E-state index contributed by atoms with van der Waals surface area (Å²) in [5.74, 6) is 0.00986. The average molecular weight is 167 g/mol. The second-order valence-corrected chi connectivity index (χ2v) is 3.00. The Hall–Kier alpha value is -1.32. The van der Waals surface area contributed by atoms with Gasteiger partial charge in [0.2, 0.25) is 0 Å². The molecule has 2 rings (SSSR count). The fourth-order valence-corrected chi connectivity index (χ4v) is 1.01. The zero-order valence-corrected chi connectivity index (χ0v) is 6.55. The van der Waals surface area contributed by atoms with Gasteiger partial charge in [0, 0.05) is 12.1 Å². The molecule has 0 atom stereocenters. The van der Waals surface area contributed by atoms with Crippen LogP contribution < -0.4 is 11.1 Å². The number of nitrogen functional groups attached to an aromatic ring is 1. The van der Waals surface area contributed by atoms with E-state index in [4.69, 9.17) is 5.73 Å². The van der Waals surface area contributed by atoms with Crippen molar-refractivity contribution in [3.05, 3.63) is 18.1 Å². The molecule has 0 aliphatic heterocycles. The molecule has 0 unspecified atom stereocenters. The first kappa shape index (κ1) is 7.34. The second-order valence-electron chi connectivity index (χ2n) is 3.00. The second kappa shape index (κ2) is 2.62. The van der Waals surface area contributed by atoms with Gasteiger partial charge in [-0.3, -0.25) is 0 Å². The van der Waals surface area contributed by atoms with E-state index in [0.717, 1.165) is 19.0 Å². The van der Waals surface area contributed by atoms with Gasteiger partial charge in [-0.25, -0.2) is 9.37 Å². The lowest BCUT2D eigenvalue weighted by molar-refractivity contribution is 0.622. The molecular weight excluding hydrogens is 157 g/mol. The highest BCUT2D eigenvalue weighted by Crippen LogP contribution is 2.27. The Morgan fingerprint density at radius 3 is 3.00 bits per heavy atom. The molecule has 1 heterocycles. The molecule has 0 radical (unpaired) electrons. The third-order valence-corrected chi connectivity index (χ3v) is 1.82.